The first-order chi connectivity index (χ1) is 17.0. The van der Waals surface area contributed by atoms with Crippen molar-refractivity contribution >= 4 is 28.7 Å². The number of aromatic nitrogens is 1. The third-order valence-electron chi connectivity index (χ3n) is 7.44. The number of H-pyrrole nitrogens is 1. The molecule has 3 atom stereocenters. The number of para-hydroxylation sites is 1. The zero-order valence-corrected chi connectivity index (χ0v) is 19.5. The fourth-order valence-corrected chi connectivity index (χ4v) is 5.78. The lowest BCUT2D eigenvalue weighted by molar-refractivity contribution is -0.159. The topological polar surface area (TPSA) is 91.9 Å². The maximum absolute atomic E-state index is 13.7. The number of hydrogen-bond acceptors (Lipinski definition) is 5. The number of piperazine rings is 1. The minimum absolute atomic E-state index is 0.00722. The number of aromatic amines is 1. The number of carbonyl (C=O) groups excluding carboxylic acids is 3. The fourth-order valence-electron chi connectivity index (χ4n) is 5.78. The van der Waals surface area contributed by atoms with Gasteiger partial charge >= 0.3 is 5.97 Å². The van der Waals surface area contributed by atoms with Crippen LogP contribution < -0.4 is 0 Å². The van der Waals surface area contributed by atoms with Gasteiger partial charge in [-0.3, -0.25) is 9.59 Å². The molecular formula is C27H27N3O5. The normalized spacial score (nSPS) is 24.0. The molecule has 8 nitrogen and oxygen atoms in total. The van der Waals surface area contributed by atoms with Gasteiger partial charge in [-0.2, -0.15) is 0 Å². The summed E-state index contributed by atoms with van der Waals surface area (Å²) in [5.41, 5.74) is 4.23. The maximum atomic E-state index is 13.7. The molecule has 0 unspecified atom stereocenters. The Hall–Kier alpha value is -3.65. The van der Waals surface area contributed by atoms with E-state index in [1.165, 1.54) is 7.11 Å². The first kappa shape index (κ1) is 21.9. The number of fused-ring (bicyclic) bond motifs is 4. The predicted octanol–water partition coefficient (Wildman–Crippen LogP) is 2.82. The van der Waals surface area contributed by atoms with Gasteiger partial charge < -0.3 is 24.3 Å². The van der Waals surface area contributed by atoms with Crippen molar-refractivity contribution in [3.05, 3.63) is 70.9 Å². The summed E-state index contributed by atoms with van der Waals surface area (Å²) in [4.78, 5) is 46.2. The Labute approximate surface area is 202 Å². The van der Waals surface area contributed by atoms with Crippen LogP contribution in [0, 0.1) is 0 Å². The standard InChI is InChI=1S/C27H27N3O5/c1-34-27(33)17-10-8-16(9-11-17)25-24-20(19-6-2-3-7-21(19)28-24)13-22-26(32)29(15-23(31)30(22)25)14-18-5-4-12-35-18/h2-3,6-11,18,22,25,28H,4-5,12-15H2,1H3/t18-,22-,25+/m0/s1. The van der Waals surface area contributed by atoms with E-state index in [9.17, 15) is 14.4 Å². The smallest absolute Gasteiger partial charge is 0.337 e. The molecule has 2 amide bonds. The summed E-state index contributed by atoms with van der Waals surface area (Å²) in [5, 5.41) is 1.06. The summed E-state index contributed by atoms with van der Waals surface area (Å²) in [6.45, 7) is 1.20. The molecule has 3 aromatic rings. The third kappa shape index (κ3) is 3.60. The number of methoxy groups -OCH3 is 1. The van der Waals surface area contributed by atoms with Crippen molar-refractivity contribution in [3.8, 4) is 0 Å². The highest BCUT2D eigenvalue weighted by molar-refractivity contribution is 5.97. The van der Waals surface area contributed by atoms with Crippen LogP contribution in [0.3, 0.4) is 0 Å². The lowest BCUT2D eigenvalue weighted by atomic mass is 9.86. The van der Waals surface area contributed by atoms with Crippen LogP contribution in [0.4, 0.5) is 0 Å². The average Bonchev–Trinajstić information content (AvgIpc) is 3.53. The molecule has 0 saturated carbocycles. The van der Waals surface area contributed by atoms with Crippen molar-refractivity contribution in [2.24, 2.45) is 0 Å². The van der Waals surface area contributed by atoms with E-state index >= 15 is 0 Å². The van der Waals surface area contributed by atoms with Crippen molar-refractivity contribution in [1.29, 1.82) is 0 Å². The van der Waals surface area contributed by atoms with Crippen LogP contribution >= 0.6 is 0 Å². The number of nitrogens with one attached hydrogen (secondary N) is 1. The molecule has 3 aliphatic heterocycles. The van der Waals surface area contributed by atoms with E-state index in [-0.39, 0.29) is 24.5 Å². The number of nitrogens with zero attached hydrogens (tertiary/aromatic N) is 2. The molecule has 0 bridgehead atoms. The predicted molar refractivity (Wildman–Crippen MR) is 128 cm³/mol. The van der Waals surface area contributed by atoms with Crippen LogP contribution in [-0.4, -0.2) is 71.5 Å². The highest BCUT2D eigenvalue weighted by Gasteiger charge is 2.48. The average molecular weight is 474 g/mol. The molecule has 8 heteroatoms. The Bertz CT molecular complexity index is 1310. The summed E-state index contributed by atoms with van der Waals surface area (Å²) in [6, 6.07) is 14.1. The van der Waals surface area contributed by atoms with Crippen LogP contribution in [0.2, 0.25) is 0 Å². The van der Waals surface area contributed by atoms with Gasteiger partial charge in [0.25, 0.3) is 0 Å². The largest absolute Gasteiger partial charge is 0.465 e. The van der Waals surface area contributed by atoms with Gasteiger partial charge in [0.05, 0.1) is 31.4 Å². The quantitative estimate of drug-likeness (QED) is 0.589. The van der Waals surface area contributed by atoms with E-state index in [1.54, 1.807) is 21.9 Å². The molecule has 2 fully saturated rings. The van der Waals surface area contributed by atoms with Crippen molar-refractivity contribution in [2.45, 2.75) is 37.5 Å². The van der Waals surface area contributed by atoms with E-state index in [4.69, 9.17) is 9.47 Å². The SMILES string of the molecule is COC(=O)c1ccc([C@@H]2c3[nH]c4ccccc4c3C[C@H]3C(=O)N(C[C@@H]4CCCO4)CC(=O)N23)cc1. The molecule has 0 spiro atoms. The zero-order chi connectivity index (χ0) is 24.1. The Kier molecular flexibility index (Phi) is 5.33. The third-order valence-corrected chi connectivity index (χ3v) is 7.44. The highest BCUT2D eigenvalue weighted by atomic mass is 16.5. The van der Waals surface area contributed by atoms with E-state index < -0.39 is 18.1 Å². The van der Waals surface area contributed by atoms with E-state index in [1.807, 2.05) is 30.3 Å². The van der Waals surface area contributed by atoms with Gasteiger partial charge in [-0.25, -0.2) is 4.79 Å². The van der Waals surface area contributed by atoms with Crippen molar-refractivity contribution < 1.29 is 23.9 Å². The minimum Gasteiger partial charge on any atom is -0.465 e. The lowest BCUT2D eigenvalue weighted by Gasteiger charge is -2.47. The molecule has 1 aromatic heterocycles. The zero-order valence-electron chi connectivity index (χ0n) is 19.5. The van der Waals surface area contributed by atoms with Crippen LogP contribution in [0.25, 0.3) is 10.9 Å². The Morgan fingerprint density at radius 2 is 1.94 bits per heavy atom. The Morgan fingerprint density at radius 3 is 2.69 bits per heavy atom. The summed E-state index contributed by atoms with van der Waals surface area (Å²) < 4.78 is 10.6. The molecule has 6 rings (SSSR count). The van der Waals surface area contributed by atoms with Gasteiger partial charge in [0.15, 0.2) is 0 Å². The fraction of sp³-hybridized carbons (Fsp3) is 0.370. The van der Waals surface area contributed by atoms with Crippen molar-refractivity contribution in [3.63, 3.8) is 0 Å². The van der Waals surface area contributed by atoms with Gasteiger partial charge in [0, 0.05) is 36.2 Å². The van der Waals surface area contributed by atoms with Gasteiger partial charge in [0.1, 0.15) is 6.04 Å². The second-order valence-electron chi connectivity index (χ2n) is 9.45. The number of rotatable bonds is 4. The number of esters is 1. The molecule has 2 saturated heterocycles. The molecule has 2 aromatic carbocycles. The number of amides is 2. The van der Waals surface area contributed by atoms with Crippen LogP contribution in [0.15, 0.2) is 48.5 Å². The lowest BCUT2D eigenvalue weighted by Crippen LogP contribution is -2.63. The molecule has 35 heavy (non-hydrogen) atoms. The highest BCUT2D eigenvalue weighted by Crippen LogP contribution is 2.42. The van der Waals surface area contributed by atoms with Gasteiger partial charge in [-0.15, -0.1) is 0 Å². The Morgan fingerprint density at radius 1 is 1.14 bits per heavy atom. The number of benzene rings is 2. The summed E-state index contributed by atoms with van der Waals surface area (Å²) in [6.07, 6.45) is 2.35. The molecule has 180 valence electrons. The summed E-state index contributed by atoms with van der Waals surface area (Å²) in [5.74, 6) is -0.537. The number of carbonyl (C=O) groups is 3. The summed E-state index contributed by atoms with van der Waals surface area (Å²) >= 11 is 0. The monoisotopic (exact) mass is 473 g/mol. The molecule has 0 aliphatic carbocycles. The number of hydrogen-bond donors (Lipinski definition) is 1. The molecule has 4 heterocycles. The van der Waals surface area contributed by atoms with Gasteiger partial charge in [-0.1, -0.05) is 30.3 Å². The van der Waals surface area contributed by atoms with Crippen molar-refractivity contribution in [2.75, 3.05) is 26.8 Å². The maximum Gasteiger partial charge on any atom is 0.337 e. The first-order valence-corrected chi connectivity index (χ1v) is 12.0. The second-order valence-corrected chi connectivity index (χ2v) is 9.45. The molecular weight excluding hydrogens is 446 g/mol. The minimum atomic E-state index is -0.588. The second kappa shape index (κ2) is 8.53. The summed E-state index contributed by atoms with van der Waals surface area (Å²) in [7, 11) is 1.35. The Balaban J connectivity index is 1.43. The van der Waals surface area contributed by atoms with E-state index in [0.29, 0.717) is 25.1 Å². The van der Waals surface area contributed by atoms with Gasteiger partial charge in [-0.05, 0) is 42.2 Å². The van der Waals surface area contributed by atoms with E-state index in [2.05, 4.69) is 11.1 Å². The van der Waals surface area contributed by atoms with Crippen LogP contribution in [0.5, 0.6) is 0 Å². The molecule has 0 radical (unpaired) electrons. The van der Waals surface area contributed by atoms with Crippen LogP contribution in [0.1, 0.15) is 46.1 Å². The molecule has 3 aliphatic rings. The molecule has 1 N–H and O–H groups in total. The number of ether oxygens (including phenoxy) is 2. The van der Waals surface area contributed by atoms with Crippen LogP contribution in [-0.2, 0) is 25.5 Å². The van der Waals surface area contributed by atoms with Crippen molar-refractivity contribution in [1.82, 2.24) is 14.8 Å². The van der Waals surface area contributed by atoms with Gasteiger partial charge in [0.2, 0.25) is 11.8 Å². The first-order valence-electron chi connectivity index (χ1n) is 12.0. The van der Waals surface area contributed by atoms with E-state index in [0.717, 1.165) is 40.6 Å².